The van der Waals surface area contributed by atoms with Gasteiger partial charge < -0.3 is 9.73 Å². The van der Waals surface area contributed by atoms with Crippen molar-refractivity contribution < 1.29 is 26.0 Å². The van der Waals surface area contributed by atoms with Crippen LogP contribution < -0.4 is 9.62 Å². The number of anilines is 1. The molecule has 1 amide bonds. The summed E-state index contributed by atoms with van der Waals surface area (Å²) < 4.78 is 62.9. The minimum absolute atomic E-state index is 0.150. The first-order valence-electron chi connectivity index (χ1n) is 14.1. The number of nitrogens with one attached hydrogen (secondary N) is 1. The minimum Gasteiger partial charge on any atom is -0.455 e. The van der Waals surface area contributed by atoms with E-state index in [4.69, 9.17) is 4.42 Å². The Kier molecular flexibility index (Phi) is 7.77. The smallest absolute Gasteiger partial charge is 0.255 e. The lowest BCUT2D eigenvalue weighted by molar-refractivity contribution is 0.0964. The fourth-order valence-electron chi connectivity index (χ4n) is 5.75. The molecule has 1 aliphatic heterocycles. The van der Waals surface area contributed by atoms with Crippen molar-refractivity contribution in [3.05, 3.63) is 76.8 Å². The third kappa shape index (κ3) is 5.38. The summed E-state index contributed by atoms with van der Waals surface area (Å²) in [6.07, 6.45) is 2.33. The van der Waals surface area contributed by atoms with Crippen LogP contribution in [0.25, 0.3) is 32.5 Å². The number of amides is 1. The molecule has 0 bridgehead atoms. The molecule has 44 heavy (non-hydrogen) atoms. The number of hydrogen-bond donors (Lipinski definition) is 1. The maximum atomic E-state index is 13.8. The molecule has 2 aromatic heterocycles. The van der Waals surface area contributed by atoms with Gasteiger partial charge in [-0.05, 0) is 55.5 Å². The largest absolute Gasteiger partial charge is 0.455 e. The zero-order chi connectivity index (χ0) is 31.4. The van der Waals surface area contributed by atoms with E-state index in [1.807, 2.05) is 31.2 Å². The van der Waals surface area contributed by atoms with Crippen molar-refractivity contribution in [1.29, 1.82) is 0 Å². The monoisotopic (exact) mass is 652 g/mol. The Morgan fingerprint density at radius 1 is 1.09 bits per heavy atom. The van der Waals surface area contributed by atoms with E-state index >= 15 is 0 Å². The Labute approximate surface area is 260 Å². The van der Waals surface area contributed by atoms with Gasteiger partial charge in [0.25, 0.3) is 5.91 Å². The highest BCUT2D eigenvalue weighted by molar-refractivity contribution is 7.92. The molecule has 1 aliphatic rings. The fraction of sp³-hybridized carbons (Fsp3) is 0.290. The maximum Gasteiger partial charge on any atom is 0.255 e. The van der Waals surface area contributed by atoms with Crippen molar-refractivity contribution in [2.45, 2.75) is 30.6 Å². The number of carbonyl (C=O) groups excluding carboxylic acids is 1. The number of thiazole rings is 1. The highest BCUT2D eigenvalue weighted by Gasteiger charge is 2.34. The lowest BCUT2D eigenvalue weighted by atomic mass is 9.89. The van der Waals surface area contributed by atoms with Crippen LogP contribution in [0.5, 0.6) is 0 Å². The Morgan fingerprint density at radius 2 is 1.84 bits per heavy atom. The van der Waals surface area contributed by atoms with Crippen LogP contribution in [0.4, 0.5) is 5.69 Å². The van der Waals surface area contributed by atoms with E-state index in [-0.39, 0.29) is 23.3 Å². The molecule has 1 saturated heterocycles. The molecule has 1 atom stereocenters. The molecule has 3 aromatic carbocycles. The number of nitrogens with zero attached hydrogens (tertiary/aromatic N) is 3. The van der Waals surface area contributed by atoms with E-state index < -0.39 is 20.0 Å². The molecule has 3 heterocycles. The number of hydrogen-bond acceptors (Lipinski definition) is 8. The second-order valence-corrected chi connectivity index (χ2v) is 15.9. The number of aryl methyl sites for hydroxylation is 1. The van der Waals surface area contributed by atoms with E-state index in [9.17, 15) is 21.6 Å². The van der Waals surface area contributed by atoms with Crippen molar-refractivity contribution in [2.75, 3.05) is 37.7 Å². The van der Waals surface area contributed by atoms with Gasteiger partial charge in [-0.15, -0.1) is 11.3 Å². The topological polar surface area (TPSA) is 130 Å². The number of carbonyl (C=O) groups is 1. The van der Waals surface area contributed by atoms with E-state index in [0.29, 0.717) is 58.5 Å². The van der Waals surface area contributed by atoms with E-state index in [0.717, 1.165) is 22.0 Å². The van der Waals surface area contributed by atoms with Gasteiger partial charge in [0.1, 0.15) is 11.3 Å². The molecule has 1 N–H and O–H groups in total. The van der Waals surface area contributed by atoms with Crippen LogP contribution in [0.2, 0.25) is 0 Å². The van der Waals surface area contributed by atoms with Gasteiger partial charge in [0.15, 0.2) is 0 Å². The van der Waals surface area contributed by atoms with Crippen LogP contribution in [-0.2, 0) is 20.0 Å². The fourth-order valence-corrected chi connectivity index (χ4v) is 8.60. The average Bonchev–Trinajstić information content (AvgIpc) is 3.63. The summed E-state index contributed by atoms with van der Waals surface area (Å²) in [5.74, 6) is -0.318. The molecule has 0 unspecified atom stereocenters. The van der Waals surface area contributed by atoms with Crippen molar-refractivity contribution in [3.8, 4) is 11.3 Å². The van der Waals surface area contributed by atoms with Gasteiger partial charge in [0, 0.05) is 44.2 Å². The van der Waals surface area contributed by atoms with Crippen molar-refractivity contribution in [2.24, 2.45) is 0 Å². The van der Waals surface area contributed by atoms with Gasteiger partial charge in [0.2, 0.25) is 20.0 Å². The minimum atomic E-state index is -3.84. The Bertz CT molecular complexity index is 2120. The van der Waals surface area contributed by atoms with E-state index in [1.54, 1.807) is 42.9 Å². The first-order valence-corrected chi connectivity index (χ1v) is 18.2. The van der Waals surface area contributed by atoms with Gasteiger partial charge in [-0.2, -0.15) is 4.31 Å². The molecule has 0 radical (unpaired) electrons. The van der Waals surface area contributed by atoms with Gasteiger partial charge >= 0.3 is 0 Å². The van der Waals surface area contributed by atoms with Crippen LogP contribution in [-0.4, -0.2) is 65.5 Å². The third-order valence-corrected chi connectivity index (χ3v) is 12.1. The molecule has 5 aromatic rings. The summed E-state index contributed by atoms with van der Waals surface area (Å²) in [7, 11) is -4.53. The summed E-state index contributed by atoms with van der Waals surface area (Å²) in [5.41, 5.74) is 5.87. The summed E-state index contributed by atoms with van der Waals surface area (Å²) in [5, 5.41) is 3.23. The molecular weight excluding hydrogens is 621 g/mol. The summed E-state index contributed by atoms with van der Waals surface area (Å²) in [6.45, 7) is 2.45. The number of rotatable bonds is 7. The van der Waals surface area contributed by atoms with Gasteiger partial charge in [-0.1, -0.05) is 29.8 Å². The Morgan fingerprint density at radius 3 is 2.55 bits per heavy atom. The standard InChI is InChI=1S/C31H32N4O6S3/c1-19-7-9-20(10-8-19)30-29(31(36)32-2)24-15-23(26(16-27(24)41-30)34(3)43(4,37)38)21-6-5-13-35(17-21)44(39,40)22-11-12-25-28(14-22)42-18-33-25/h7-12,14-16,18,21H,5-6,13,17H2,1-4H3,(H,32,36)/t21-/m1/s1. The molecule has 10 nitrogen and oxygen atoms in total. The summed E-state index contributed by atoms with van der Waals surface area (Å²) in [4.78, 5) is 17.7. The number of benzene rings is 3. The normalized spacial score (nSPS) is 16.4. The van der Waals surface area contributed by atoms with Crippen LogP contribution in [0, 0.1) is 6.92 Å². The average molecular weight is 653 g/mol. The van der Waals surface area contributed by atoms with Gasteiger partial charge in [-0.3, -0.25) is 9.10 Å². The summed E-state index contributed by atoms with van der Waals surface area (Å²) in [6, 6.07) is 16.0. The van der Waals surface area contributed by atoms with Crippen LogP contribution in [0.3, 0.4) is 0 Å². The molecule has 6 rings (SSSR count). The second kappa shape index (κ2) is 11.3. The van der Waals surface area contributed by atoms with E-state index in [1.165, 1.54) is 27.0 Å². The maximum absolute atomic E-state index is 13.8. The zero-order valence-corrected chi connectivity index (χ0v) is 27.1. The molecule has 0 spiro atoms. The molecule has 0 saturated carbocycles. The lowest BCUT2D eigenvalue weighted by Gasteiger charge is -2.34. The number of fused-ring (bicyclic) bond motifs is 2. The van der Waals surface area contributed by atoms with Crippen LogP contribution in [0.15, 0.2) is 69.4 Å². The highest BCUT2D eigenvalue weighted by atomic mass is 32.2. The van der Waals surface area contributed by atoms with E-state index in [2.05, 4.69) is 10.3 Å². The van der Waals surface area contributed by atoms with Crippen molar-refractivity contribution >= 4 is 64.2 Å². The number of sulfonamides is 2. The molecule has 0 aliphatic carbocycles. The Balaban J connectivity index is 1.49. The summed E-state index contributed by atoms with van der Waals surface area (Å²) >= 11 is 1.38. The predicted octanol–water partition coefficient (Wildman–Crippen LogP) is 5.34. The quantitative estimate of drug-likeness (QED) is 0.251. The van der Waals surface area contributed by atoms with Crippen LogP contribution in [0.1, 0.15) is 40.2 Å². The number of furan rings is 1. The molecule has 230 valence electrons. The number of aromatic nitrogens is 1. The molecule has 13 heteroatoms. The van der Waals surface area contributed by atoms with Gasteiger partial charge in [0.05, 0.1) is 38.1 Å². The van der Waals surface area contributed by atoms with Crippen LogP contribution >= 0.6 is 11.3 Å². The lowest BCUT2D eigenvalue weighted by Crippen LogP contribution is -2.39. The van der Waals surface area contributed by atoms with Gasteiger partial charge in [-0.25, -0.2) is 21.8 Å². The second-order valence-electron chi connectivity index (χ2n) is 11.1. The first-order chi connectivity index (χ1) is 20.9. The predicted molar refractivity (Wildman–Crippen MR) is 173 cm³/mol. The highest BCUT2D eigenvalue weighted by Crippen LogP contribution is 2.42. The third-order valence-electron chi connectivity index (χ3n) is 8.21. The SMILES string of the molecule is CNC(=O)c1c(-c2ccc(C)cc2)oc2cc(N(C)S(C)(=O)=O)c([C@@H]3CCCN(S(=O)(=O)c4ccc5ncsc5c4)C3)cc12. The molecular formula is C31H32N4O6S3. The number of piperidine rings is 1. The van der Waals surface area contributed by atoms with Crippen molar-refractivity contribution in [1.82, 2.24) is 14.6 Å². The molecule has 1 fully saturated rings. The zero-order valence-electron chi connectivity index (χ0n) is 24.7. The first kappa shape index (κ1) is 30.3. The Hall–Kier alpha value is -3.78. The van der Waals surface area contributed by atoms with Crippen molar-refractivity contribution in [3.63, 3.8) is 0 Å².